The fourth-order valence-corrected chi connectivity index (χ4v) is 8.65. The largest absolute Gasteiger partial charge is 0.508 e. The molecule has 0 atom stereocenters. The average molecular weight is 353 g/mol. The van der Waals surface area contributed by atoms with Crippen LogP contribution in [0.4, 0.5) is 0 Å². The third-order valence-electron chi connectivity index (χ3n) is 4.93. The third kappa shape index (κ3) is 2.65. The van der Waals surface area contributed by atoms with E-state index in [9.17, 15) is 5.11 Å². The lowest BCUT2D eigenvalue weighted by Crippen LogP contribution is -2.74. The van der Waals surface area contributed by atoms with Crippen molar-refractivity contribution in [3.8, 4) is 5.75 Å². The van der Waals surface area contributed by atoms with E-state index in [0.29, 0.717) is 5.75 Å². The maximum Gasteiger partial charge on any atom is 0.183 e. The molecular formula is C24H20OSi. The van der Waals surface area contributed by atoms with E-state index >= 15 is 0 Å². The molecule has 2 heteroatoms. The van der Waals surface area contributed by atoms with Crippen LogP contribution in [0, 0.1) is 0 Å². The molecule has 0 aliphatic rings. The number of hydrogen-bond acceptors (Lipinski definition) is 1. The summed E-state index contributed by atoms with van der Waals surface area (Å²) in [4.78, 5) is 0. The van der Waals surface area contributed by atoms with E-state index in [1.807, 2.05) is 30.3 Å². The first-order valence-electron chi connectivity index (χ1n) is 8.78. The molecule has 0 fully saturated rings. The second-order valence-electron chi connectivity index (χ2n) is 6.37. The predicted octanol–water partition coefficient (Wildman–Crippen LogP) is 2.77. The van der Waals surface area contributed by atoms with Crippen LogP contribution in [0.5, 0.6) is 5.75 Å². The summed E-state index contributed by atoms with van der Waals surface area (Å²) in [6.45, 7) is 0. The molecule has 0 aliphatic heterocycles. The van der Waals surface area contributed by atoms with Gasteiger partial charge in [-0.15, -0.1) is 0 Å². The van der Waals surface area contributed by atoms with Gasteiger partial charge in [0.05, 0.1) is 0 Å². The minimum atomic E-state index is -2.59. The molecule has 0 radical (unpaired) electrons. The lowest BCUT2D eigenvalue weighted by Gasteiger charge is -2.34. The summed E-state index contributed by atoms with van der Waals surface area (Å²) in [6.07, 6.45) is 0. The quantitative estimate of drug-likeness (QED) is 0.442. The van der Waals surface area contributed by atoms with Gasteiger partial charge < -0.3 is 5.11 Å². The summed E-state index contributed by atoms with van der Waals surface area (Å²) in [7, 11) is -2.59. The molecule has 126 valence electrons. The van der Waals surface area contributed by atoms with Crippen LogP contribution in [-0.4, -0.2) is 13.2 Å². The van der Waals surface area contributed by atoms with Crippen LogP contribution < -0.4 is 20.7 Å². The van der Waals surface area contributed by atoms with Crippen molar-refractivity contribution < 1.29 is 5.11 Å². The Labute approximate surface area is 155 Å². The molecule has 4 aromatic carbocycles. The van der Waals surface area contributed by atoms with E-state index in [-0.39, 0.29) is 0 Å². The zero-order valence-corrected chi connectivity index (χ0v) is 15.4. The first-order valence-corrected chi connectivity index (χ1v) is 10.8. The van der Waals surface area contributed by atoms with Crippen LogP contribution >= 0.6 is 0 Å². The molecule has 26 heavy (non-hydrogen) atoms. The number of phenolic OH excluding ortho intramolecular Hbond substituents is 1. The molecule has 0 unspecified atom stereocenters. The molecule has 4 aromatic rings. The Morgan fingerprint density at radius 3 is 1.15 bits per heavy atom. The number of para-hydroxylation sites is 1. The van der Waals surface area contributed by atoms with Gasteiger partial charge in [-0.1, -0.05) is 109 Å². The zero-order chi connectivity index (χ0) is 17.8. The second-order valence-corrected chi connectivity index (χ2v) is 10.1. The number of aromatic hydroxyl groups is 1. The summed E-state index contributed by atoms with van der Waals surface area (Å²) in [5, 5.41) is 15.7. The van der Waals surface area contributed by atoms with E-state index in [2.05, 4.69) is 78.9 Å². The molecule has 1 N–H and O–H groups in total. The van der Waals surface area contributed by atoms with Gasteiger partial charge in [0, 0.05) is 0 Å². The van der Waals surface area contributed by atoms with Gasteiger partial charge in [-0.25, -0.2) is 0 Å². The van der Waals surface area contributed by atoms with E-state index < -0.39 is 8.07 Å². The maximum absolute atomic E-state index is 10.9. The van der Waals surface area contributed by atoms with Crippen LogP contribution in [-0.2, 0) is 0 Å². The van der Waals surface area contributed by atoms with Crippen molar-refractivity contribution in [2.24, 2.45) is 0 Å². The number of phenols is 1. The van der Waals surface area contributed by atoms with Gasteiger partial charge >= 0.3 is 0 Å². The molecule has 0 heterocycles. The number of benzene rings is 4. The van der Waals surface area contributed by atoms with Gasteiger partial charge in [-0.3, -0.25) is 0 Å². The number of hydrogen-bond donors (Lipinski definition) is 1. The summed E-state index contributed by atoms with van der Waals surface area (Å²) in [5.74, 6) is 0.357. The Balaban J connectivity index is 2.17. The Hall–Kier alpha value is -3.10. The average Bonchev–Trinajstić information content (AvgIpc) is 2.72. The molecule has 0 aliphatic carbocycles. The fraction of sp³-hybridized carbons (Fsp3) is 0. The van der Waals surface area contributed by atoms with Gasteiger partial charge in [-0.05, 0) is 26.8 Å². The van der Waals surface area contributed by atoms with E-state index in [4.69, 9.17) is 0 Å². The van der Waals surface area contributed by atoms with E-state index in [1.165, 1.54) is 15.6 Å². The lowest BCUT2D eigenvalue weighted by atomic mass is 10.3. The fourth-order valence-electron chi connectivity index (χ4n) is 3.82. The van der Waals surface area contributed by atoms with Crippen LogP contribution in [0.1, 0.15) is 0 Å². The summed E-state index contributed by atoms with van der Waals surface area (Å²) >= 11 is 0. The summed E-state index contributed by atoms with van der Waals surface area (Å²) in [6, 6.07) is 39.6. The van der Waals surface area contributed by atoms with Crippen LogP contribution in [0.3, 0.4) is 0 Å². The Kier molecular flexibility index (Phi) is 4.42. The van der Waals surface area contributed by atoms with E-state index in [1.54, 1.807) is 6.07 Å². The highest BCUT2D eigenvalue weighted by Crippen LogP contribution is 2.15. The smallest absolute Gasteiger partial charge is 0.183 e. The molecule has 0 saturated carbocycles. The Morgan fingerprint density at radius 2 is 0.769 bits per heavy atom. The zero-order valence-electron chi connectivity index (χ0n) is 14.4. The molecule has 0 aromatic heterocycles. The molecule has 0 spiro atoms. The van der Waals surface area contributed by atoms with Gasteiger partial charge in [0.2, 0.25) is 0 Å². The molecule has 0 amide bonds. The van der Waals surface area contributed by atoms with Gasteiger partial charge in [0.1, 0.15) is 5.75 Å². The second kappa shape index (κ2) is 7.02. The van der Waals surface area contributed by atoms with Gasteiger partial charge in [-0.2, -0.15) is 0 Å². The normalized spacial score (nSPS) is 11.2. The van der Waals surface area contributed by atoms with Gasteiger partial charge in [0.25, 0.3) is 0 Å². The van der Waals surface area contributed by atoms with Crippen LogP contribution in [0.15, 0.2) is 115 Å². The van der Waals surface area contributed by atoms with Gasteiger partial charge in [0.15, 0.2) is 8.07 Å². The number of rotatable bonds is 4. The lowest BCUT2D eigenvalue weighted by molar-refractivity contribution is 0.479. The van der Waals surface area contributed by atoms with Crippen molar-refractivity contribution in [1.82, 2.24) is 0 Å². The third-order valence-corrected chi connectivity index (χ3v) is 9.76. The van der Waals surface area contributed by atoms with Crippen molar-refractivity contribution >= 4 is 28.8 Å². The maximum atomic E-state index is 10.9. The first-order chi connectivity index (χ1) is 12.8. The minimum Gasteiger partial charge on any atom is -0.508 e. The predicted molar refractivity (Wildman–Crippen MR) is 112 cm³/mol. The van der Waals surface area contributed by atoms with Crippen LogP contribution in [0.25, 0.3) is 0 Å². The summed E-state index contributed by atoms with van der Waals surface area (Å²) in [5.41, 5.74) is 0. The minimum absolute atomic E-state index is 0.357. The first kappa shape index (κ1) is 16.4. The Bertz CT molecular complexity index is 885. The van der Waals surface area contributed by atoms with Crippen molar-refractivity contribution in [2.75, 3.05) is 0 Å². The molecule has 1 nitrogen and oxygen atoms in total. The van der Waals surface area contributed by atoms with Crippen molar-refractivity contribution in [2.45, 2.75) is 0 Å². The van der Waals surface area contributed by atoms with Crippen LogP contribution in [0.2, 0.25) is 0 Å². The molecule has 0 saturated heterocycles. The monoisotopic (exact) mass is 352 g/mol. The van der Waals surface area contributed by atoms with E-state index in [0.717, 1.165) is 5.19 Å². The standard InChI is InChI=1S/C24H20OSi/c25-23-18-10-11-19-24(23)26(20-12-4-1-5-13-20,21-14-6-2-7-15-21)22-16-8-3-9-17-22/h1-19,25H. The molecule has 4 rings (SSSR count). The van der Waals surface area contributed by atoms with Crippen molar-refractivity contribution in [1.29, 1.82) is 0 Å². The highest BCUT2D eigenvalue weighted by molar-refractivity contribution is 7.20. The molecule has 0 bridgehead atoms. The highest BCUT2D eigenvalue weighted by Gasteiger charge is 2.42. The highest BCUT2D eigenvalue weighted by atomic mass is 28.3. The topological polar surface area (TPSA) is 20.2 Å². The summed E-state index contributed by atoms with van der Waals surface area (Å²) < 4.78 is 0. The molecular weight excluding hydrogens is 332 g/mol. The van der Waals surface area contributed by atoms with Crippen molar-refractivity contribution in [3.63, 3.8) is 0 Å². The Morgan fingerprint density at radius 1 is 0.423 bits per heavy atom. The van der Waals surface area contributed by atoms with Crippen molar-refractivity contribution in [3.05, 3.63) is 115 Å². The SMILES string of the molecule is Oc1ccccc1[Si](c1ccccc1)(c1ccccc1)c1ccccc1.